The number of ether oxygens (including phenoxy) is 2. The van der Waals surface area contributed by atoms with Crippen molar-refractivity contribution in [1.82, 2.24) is 0 Å². The second kappa shape index (κ2) is 10.3. The number of amidine groups is 1. The molecule has 0 spiro atoms. The number of ketones is 1. The van der Waals surface area contributed by atoms with E-state index in [1.807, 2.05) is 54.3 Å². The number of carbonyl (C=O) groups is 1. The number of hydrogen-bond acceptors (Lipinski definition) is 5. The number of Topliss-reactive ketones (excluding diaryl/α,β-unsaturated/α-hetero) is 1. The second-order valence-corrected chi connectivity index (χ2v) is 6.62. The van der Waals surface area contributed by atoms with Crippen LogP contribution in [-0.4, -0.2) is 38.9 Å². The summed E-state index contributed by atoms with van der Waals surface area (Å²) in [5, 5.41) is 0. The molecule has 6 heteroatoms. The van der Waals surface area contributed by atoms with Gasteiger partial charge in [-0.05, 0) is 37.5 Å². The Morgan fingerprint density at radius 2 is 1.82 bits per heavy atom. The van der Waals surface area contributed by atoms with Gasteiger partial charge < -0.3 is 14.4 Å². The smallest absolute Gasteiger partial charge is 0.182 e. The molecule has 28 heavy (non-hydrogen) atoms. The molecule has 1 heterocycles. The predicted octanol–water partition coefficient (Wildman–Crippen LogP) is 4.86. The van der Waals surface area contributed by atoms with Crippen LogP contribution in [0.1, 0.15) is 35.2 Å². The van der Waals surface area contributed by atoms with E-state index in [9.17, 15) is 4.79 Å². The first-order chi connectivity index (χ1) is 13.1. The van der Waals surface area contributed by atoms with Gasteiger partial charge in [0, 0.05) is 30.3 Å². The average molecular weight is 447 g/mol. The highest BCUT2D eigenvalue weighted by Gasteiger charge is 2.22. The van der Waals surface area contributed by atoms with Crippen LogP contribution in [0.3, 0.4) is 0 Å². The van der Waals surface area contributed by atoms with Gasteiger partial charge in [0.1, 0.15) is 5.84 Å². The fourth-order valence-electron chi connectivity index (χ4n) is 3.34. The first kappa shape index (κ1) is 22.0. The molecule has 0 atom stereocenters. The third kappa shape index (κ3) is 4.93. The van der Waals surface area contributed by atoms with Crippen LogP contribution in [-0.2, 0) is 0 Å². The Hall–Kier alpha value is -2.34. The van der Waals surface area contributed by atoms with Crippen LogP contribution >= 0.6 is 17.0 Å². The van der Waals surface area contributed by atoms with Crippen molar-refractivity contribution in [2.75, 3.05) is 32.2 Å². The summed E-state index contributed by atoms with van der Waals surface area (Å²) in [5.41, 5.74) is 2.62. The largest absolute Gasteiger partial charge is 0.493 e. The zero-order valence-electron chi connectivity index (χ0n) is 16.6. The highest BCUT2D eigenvalue weighted by atomic mass is 79.9. The van der Waals surface area contributed by atoms with Crippen molar-refractivity contribution in [2.45, 2.75) is 26.2 Å². The number of aliphatic imine (C=N–C) groups is 1. The molecular weight excluding hydrogens is 420 g/mol. The lowest BCUT2D eigenvalue weighted by Gasteiger charge is -2.28. The molecule has 0 saturated carbocycles. The summed E-state index contributed by atoms with van der Waals surface area (Å²) in [4.78, 5) is 19.7. The first-order valence-electron chi connectivity index (χ1n) is 9.25. The molecular formula is C22H27BrN2O3. The van der Waals surface area contributed by atoms with Crippen LogP contribution in [0.2, 0.25) is 0 Å². The summed E-state index contributed by atoms with van der Waals surface area (Å²) < 4.78 is 10.8. The quantitative estimate of drug-likeness (QED) is 0.594. The number of methoxy groups -OCH3 is 2. The van der Waals surface area contributed by atoms with E-state index in [-0.39, 0.29) is 29.3 Å². The fraction of sp³-hybridized carbons (Fsp3) is 0.364. The molecule has 2 aromatic rings. The maximum Gasteiger partial charge on any atom is 0.182 e. The van der Waals surface area contributed by atoms with Crippen molar-refractivity contribution in [3.05, 3.63) is 53.6 Å². The normalized spacial score (nSPS) is 13.2. The van der Waals surface area contributed by atoms with Crippen LogP contribution in [0.4, 0.5) is 5.69 Å². The minimum atomic E-state index is 0. The first-order valence-corrected chi connectivity index (χ1v) is 9.25. The van der Waals surface area contributed by atoms with E-state index in [4.69, 9.17) is 14.5 Å². The number of aryl methyl sites for hydroxylation is 1. The Labute approximate surface area is 177 Å². The van der Waals surface area contributed by atoms with Gasteiger partial charge in [-0.2, -0.15) is 0 Å². The van der Waals surface area contributed by atoms with Crippen molar-refractivity contribution < 1.29 is 14.3 Å². The molecule has 1 aliphatic rings. The van der Waals surface area contributed by atoms with Gasteiger partial charge in [0.25, 0.3) is 0 Å². The molecule has 150 valence electrons. The van der Waals surface area contributed by atoms with E-state index < -0.39 is 0 Å². The number of carbonyl (C=O) groups excluding carboxylic acids is 1. The summed E-state index contributed by atoms with van der Waals surface area (Å²) in [7, 11) is 3.23. The summed E-state index contributed by atoms with van der Waals surface area (Å²) >= 11 is 0. The molecule has 0 amide bonds. The Balaban J connectivity index is 0.00000280. The number of nitrogens with zero attached hydrogens (tertiary/aromatic N) is 2. The zero-order valence-corrected chi connectivity index (χ0v) is 18.3. The third-order valence-corrected chi connectivity index (χ3v) is 4.84. The van der Waals surface area contributed by atoms with Gasteiger partial charge in [-0.3, -0.25) is 9.79 Å². The third-order valence-electron chi connectivity index (χ3n) is 4.84. The van der Waals surface area contributed by atoms with Gasteiger partial charge in [0.05, 0.1) is 20.8 Å². The molecule has 2 aromatic carbocycles. The lowest BCUT2D eigenvalue weighted by molar-refractivity contribution is 0.100. The van der Waals surface area contributed by atoms with E-state index in [2.05, 4.69) is 0 Å². The standard InChI is InChI=1S/C22H26N2O3.BrH/c1-16-8-4-5-9-18(16)19(25)15-24(22-10-6-7-13-23-22)17-11-12-20(26-2)21(14-17)27-3;/h4-5,8-9,11-12,14H,6-7,10,13,15H2,1-3H3;1H. The highest BCUT2D eigenvalue weighted by molar-refractivity contribution is 8.93. The molecule has 0 N–H and O–H groups in total. The molecule has 0 fully saturated rings. The average Bonchev–Trinajstić information content (AvgIpc) is 2.72. The summed E-state index contributed by atoms with van der Waals surface area (Å²) in [6.07, 6.45) is 3.05. The van der Waals surface area contributed by atoms with Crippen molar-refractivity contribution in [1.29, 1.82) is 0 Å². The fourth-order valence-corrected chi connectivity index (χ4v) is 3.34. The van der Waals surface area contributed by atoms with E-state index in [1.54, 1.807) is 14.2 Å². The van der Waals surface area contributed by atoms with Gasteiger partial charge in [0.2, 0.25) is 0 Å². The monoisotopic (exact) mass is 446 g/mol. The minimum absolute atomic E-state index is 0. The lowest BCUT2D eigenvalue weighted by Crippen LogP contribution is -2.37. The maximum atomic E-state index is 13.0. The van der Waals surface area contributed by atoms with E-state index >= 15 is 0 Å². The lowest BCUT2D eigenvalue weighted by atomic mass is 10.0. The Bertz CT molecular complexity index is 851. The molecule has 0 unspecified atom stereocenters. The van der Waals surface area contributed by atoms with Gasteiger partial charge >= 0.3 is 0 Å². The Morgan fingerprint density at radius 3 is 2.46 bits per heavy atom. The van der Waals surface area contributed by atoms with E-state index in [0.717, 1.165) is 48.5 Å². The van der Waals surface area contributed by atoms with Gasteiger partial charge in [-0.1, -0.05) is 24.3 Å². The topological polar surface area (TPSA) is 51.1 Å². The summed E-state index contributed by atoms with van der Waals surface area (Å²) in [6, 6.07) is 13.4. The van der Waals surface area contributed by atoms with Crippen LogP contribution < -0.4 is 14.4 Å². The van der Waals surface area contributed by atoms with Crippen molar-refractivity contribution >= 4 is 34.3 Å². The SMILES string of the molecule is Br.COc1ccc(N(CC(=O)c2ccccc2C)C2=NCCCC2)cc1OC. The molecule has 3 rings (SSSR count). The molecule has 0 radical (unpaired) electrons. The van der Waals surface area contributed by atoms with Crippen molar-refractivity contribution in [3.8, 4) is 11.5 Å². The maximum absolute atomic E-state index is 13.0. The van der Waals surface area contributed by atoms with Gasteiger partial charge in [-0.15, -0.1) is 17.0 Å². The summed E-state index contributed by atoms with van der Waals surface area (Å²) in [5.74, 6) is 2.34. The number of rotatable bonds is 6. The van der Waals surface area contributed by atoms with Gasteiger partial charge in [0.15, 0.2) is 17.3 Å². The van der Waals surface area contributed by atoms with Crippen molar-refractivity contribution in [3.63, 3.8) is 0 Å². The van der Waals surface area contributed by atoms with Gasteiger partial charge in [-0.25, -0.2) is 0 Å². The number of hydrogen-bond donors (Lipinski definition) is 0. The molecule has 5 nitrogen and oxygen atoms in total. The number of anilines is 1. The van der Waals surface area contributed by atoms with Crippen LogP contribution in [0.15, 0.2) is 47.5 Å². The molecule has 1 aliphatic heterocycles. The van der Waals surface area contributed by atoms with Crippen LogP contribution in [0.5, 0.6) is 11.5 Å². The molecule has 0 bridgehead atoms. The number of benzene rings is 2. The second-order valence-electron chi connectivity index (χ2n) is 6.62. The Morgan fingerprint density at radius 1 is 1.07 bits per heavy atom. The van der Waals surface area contributed by atoms with Crippen LogP contribution in [0.25, 0.3) is 0 Å². The van der Waals surface area contributed by atoms with E-state index in [1.165, 1.54) is 0 Å². The summed E-state index contributed by atoms with van der Waals surface area (Å²) in [6.45, 7) is 3.02. The predicted molar refractivity (Wildman–Crippen MR) is 119 cm³/mol. The number of halogens is 1. The highest BCUT2D eigenvalue weighted by Crippen LogP contribution is 2.32. The van der Waals surface area contributed by atoms with Crippen LogP contribution in [0, 0.1) is 6.92 Å². The minimum Gasteiger partial charge on any atom is -0.493 e. The molecule has 0 saturated heterocycles. The van der Waals surface area contributed by atoms with E-state index in [0.29, 0.717) is 11.5 Å². The Kier molecular flexibility index (Phi) is 8.05. The molecule has 0 aliphatic carbocycles. The zero-order chi connectivity index (χ0) is 19.2. The molecule has 0 aromatic heterocycles. The van der Waals surface area contributed by atoms with Crippen molar-refractivity contribution in [2.24, 2.45) is 4.99 Å².